The number of nitrogens with two attached hydrogens (primary N) is 1. The van der Waals surface area contributed by atoms with E-state index in [1.807, 2.05) is 5.32 Å². The molecule has 268 valence electrons. The molecular formula is C29H40N8O10S2. The highest BCUT2D eigenvalue weighted by Gasteiger charge is 2.51. The Hall–Kier alpha value is -4.33. The molecule has 8 N–H and O–H groups in total. The maximum absolute atomic E-state index is 12.9. The van der Waals surface area contributed by atoms with E-state index in [2.05, 4.69) is 31.3 Å². The van der Waals surface area contributed by atoms with Crippen LogP contribution in [-0.2, 0) is 38.4 Å². The van der Waals surface area contributed by atoms with Crippen molar-refractivity contribution in [1.29, 1.82) is 0 Å². The van der Waals surface area contributed by atoms with Crippen LogP contribution in [0.5, 0.6) is 0 Å². The summed E-state index contributed by atoms with van der Waals surface area (Å²) < 4.78 is 0. The summed E-state index contributed by atoms with van der Waals surface area (Å²) in [4.78, 5) is 117. The molecule has 0 saturated heterocycles. The summed E-state index contributed by atoms with van der Waals surface area (Å²) >= 11 is 2.76. The van der Waals surface area contributed by atoms with Crippen LogP contribution in [0.1, 0.15) is 65.7 Å². The topological polar surface area (TPSA) is 285 Å². The fraction of sp³-hybridized carbons (Fsp3) is 0.621. The molecule has 18 nitrogen and oxygen atoms in total. The lowest BCUT2D eigenvalue weighted by molar-refractivity contribution is -0.141. The molecular weight excluding hydrogens is 684 g/mol. The number of aliphatic imine (C=N–C) groups is 2. The number of aliphatic carboxylic acids is 1. The van der Waals surface area contributed by atoms with Gasteiger partial charge >= 0.3 is 12.0 Å². The molecule has 0 bridgehead atoms. The van der Waals surface area contributed by atoms with Crippen molar-refractivity contribution in [2.75, 3.05) is 18.1 Å². The van der Waals surface area contributed by atoms with Gasteiger partial charge in [-0.25, -0.2) is 9.59 Å². The number of hydrogen-bond donors (Lipinski definition) is 7. The van der Waals surface area contributed by atoms with Gasteiger partial charge in [-0.2, -0.15) is 0 Å². The number of carboxylic acid groups (broad SMARTS) is 1. The number of carbonyl (C=O) groups excluding carboxylic acids is 8. The van der Waals surface area contributed by atoms with Gasteiger partial charge in [0.25, 0.3) is 5.91 Å². The molecule has 0 aromatic heterocycles. The molecule has 2 heterocycles. The number of thioether (sulfide) groups is 2. The van der Waals surface area contributed by atoms with Crippen molar-refractivity contribution in [3.8, 4) is 0 Å². The number of amides is 7. The summed E-state index contributed by atoms with van der Waals surface area (Å²) in [7, 11) is 0. The number of hydrogen-bond acceptors (Lipinski definition) is 13. The van der Waals surface area contributed by atoms with Crippen LogP contribution < -0.4 is 32.3 Å². The summed E-state index contributed by atoms with van der Waals surface area (Å²) in [6.07, 6.45) is -0.834. The highest BCUT2D eigenvalue weighted by Crippen LogP contribution is 2.37. The van der Waals surface area contributed by atoms with Gasteiger partial charge in [-0.3, -0.25) is 48.9 Å². The Bertz CT molecular complexity index is 1460. The third-order valence-electron chi connectivity index (χ3n) is 7.66. The van der Waals surface area contributed by atoms with Gasteiger partial charge < -0.3 is 32.1 Å². The van der Waals surface area contributed by atoms with Gasteiger partial charge in [0.05, 0.1) is 41.4 Å². The second-order valence-corrected chi connectivity index (χ2v) is 14.3. The van der Waals surface area contributed by atoms with Gasteiger partial charge in [-0.1, -0.05) is 0 Å². The molecule has 3 aliphatic rings. The molecule has 1 fully saturated rings. The first-order valence-electron chi connectivity index (χ1n) is 15.4. The molecule has 2 unspecified atom stereocenters. The molecule has 2 aliphatic heterocycles. The molecule has 1 saturated carbocycles. The monoisotopic (exact) mass is 724 g/mol. The van der Waals surface area contributed by atoms with Crippen molar-refractivity contribution in [3.63, 3.8) is 0 Å². The average molecular weight is 725 g/mol. The minimum absolute atomic E-state index is 0.0907. The SMILES string of the molecule is CC(=O)N[C@H](CC(N)=O)C(=O)NC(=O)N[C@@H](C)CCC(=O)CC(=O)NC1(C(=O)CC(=O)NCC2=NC(C3=NC(C)(C(=O)O)CS3)CS2)CC1. The molecule has 49 heavy (non-hydrogen) atoms. The fourth-order valence-electron chi connectivity index (χ4n) is 4.74. The maximum atomic E-state index is 12.9. The molecule has 7 amide bonds. The number of primary amides is 1. The van der Waals surface area contributed by atoms with Gasteiger partial charge in [0.2, 0.25) is 23.6 Å². The summed E-state index contributed by atoms with van der Waals surface area (Å²) in [6.45, 7) is 4.33. The Labute approximate surface area is 289 Å². The van der Waals surface area contributed by atoms with E-state index < -0.39 is 95.5 Å². The fourth-order valence-corrected chi connectivity index (χ4v) is 7.02. The lowest BCUT2D eigenvalue weighted by Crippen LogP contribution is -2.52. The Morgan fingerprint density at radius 2 is 1.71 bits per heavy atom. The normalized spacial score (nSPS) is 21.6. The zero-order valence-corrected chi connectivity index (χ0v) is 28.8. The van der Waals surface area contributed by atoms with Crippen LogP contribution in [0.15, 0.2) is 9.98 Å². The first-order valence-corrected chi connectivity index (χ1v) is 17.3. The Balaban J connectivity index is 1.36. The predicted octanol–water partition coefficient (Wildman–Crippen LogP) is -1.45. The van der Waals surface area contributed by atoms with Crippen molar-refractivity contribution >= 4 is 86.7 Å². The molecule has 20 heteroatoms. The van der Waals surface area contributed by atoms with Gasteiger partial charge in [-0.05, 0) is 33.1 Å². The van der Waals surface area contributed by atoms with Crippen LogP contribution in [0.25, 0.3) is 0 Å². The van der Waals surface area contributed by atoms with E-state index in [1.165, 1.54) is 23.5 Å². The number of carboxylic acids is 1. The first-order chi connectivity index (χ1) is 22.9. The first kappa shape index (κ1) is 39.1. The summed E-state index contributed by atoms with van der Waals surface area (Å²) in [5.41, 5.74) is 2.67. The van der Waals surface area contributed by atoms with Gasteiger partial charge in [0.1, 0.15) is 17.9 Å². The van der Waals surface area contributed by atoms with Crippen molar-refractivity contribution in [3.05, 3.63) is 0 Å². The second-order valence-electron chi connectivity index (χ2n) is 12.2. The van der Waals surface area contributed by atoms with E-state index in [1.54, 1.807) is 13.8 Å². The second kappa shape index (κ2) is 16.9. The number of nitrogens with one attached hydrogen (secondary N) is 5. The number of urea groups is 1. The summed E-state index contributed by atoms with van der Waals surface area (Å²) in [6, 6.07) is -3.17. The number of Topliss-reactive ketones (excluding diaryl/α,β-unsaturated/α-hetero) is 2. The van der Waals surface area contributed by atoms with E-state index in [9.17, 15) is 48.3 Å². The lowest BCUT2D eigenvalue weighted by atomic mass is 10.1. The minimum atomic E-state index is -1.34. The van der Waals surface area contributed by atoms with Crippen LogP contribution in [0.2, 0.25) is 0 Å². The van der Waals surface area contributed by atoms with E-state index in [-0.39, 0.29) is 25.4 Å². The average Bonchev–Trinajstić information content (AvgIpc) is 3.41. The molecule has 0 aromatic carbocycles. The highest BCUT2D eigenvalue weighted by atomic mass is 32.2. The molecule has 0 radical (unpaired) electrons. The quantitative estimate of drug-likeness (QED) is 0.0800. The summed E-state index contributed by atoms with van der Waals surface area (Å²) in [5.74, 6) is -4.71. The molecule has 3 rings (SSSR count). The van der Waals surface area contributed by atoms with E-state index in [0.717, 1.165) is 6.92 Å². The number of rotatable bonds is 18. The van der Waals surface area contributed by atoms with E-state index >= 15 is 0 Å². The lowest BCUT2D eigenvalue weighted by Gasteiger charge is -2.18. The van der Waals surface area contributed by atoms with Crippen LogP contribution in [-0.4, -0.2) is 116 Å². The Morgan fingerprint density at radius 1 is 1.02 bits per heavy atom. The molecule has 0 spiro atoms. The third kappa shape index (κ3) is 11.9. The van der Waals surface area contributed by atoms with Crippen molar-refractivity contribution in [2.24, 2.45) is 15.7 Å². The van der Waals surface area contributed by atoms with Gasteiger partial charge in [0.15, 0.2) is 11.3 Å². The zero-order valence-electron chi connectivity index (χ0n) is 27.2. The van der Waals surface area contributed by atoms with E-state index in [0.29, 0.717) is 34.4 Å². The van der Waals surface area contributed by atoms with E-state index in [4.69, 9.17) is 5.73 Å². The minimum Gasteiger partial charge on any atom is -0.479 e. The summed E-state index contributed by atoms with van der Waals surface area (Å²) in [5, 5.41) is 22.5. The zero-order chi connectivity index (χ0) is 36.5. The Kier molecular flexibility index (Phi) is 13.5. The highest BCUT2D eigenvalue weighted by molar-refractivity contribution is 8.16. The van der Waals surface area contributed by atoms with Crippen LogP contribution in [0.4, 0.5) is 4.79 Å². The van der Waals surface area contributed by atoms with Crippen LogP contribution >= 0.6 is 23.5 Å². The number of ketones is 2. The molecule has 4 atom stereocenters. The maximum Gasteiger partial charge on any atom is 0.332 e. The Morgan fingerprint density at radius 3 is 2.31 bits per heavy atom. The predicted molar refractivity (Wildman–Crippen MR) is 179 cm³/mol. The number of nitrogens with zero attached hydrogens (tertiary/aromatic N) is 2. The number of imide groups is 1. The third-order valence-corrected chi connectivity index (χ3v) is 10.1. The molecule has 1 aliphatic carbocycles. The van der Waals surface area contributed by atoms with Crippen molar-refractivity contribution in [2.45, 2.75) is 94.9 Å². The largest absolute Gasteiger partial charge is 0.479 e. The van der Waals surface area contributed by atoms with Crippen LogP contribution in [0, 0.1) is 0 Å². The van der Waals surface area contributed by atoms with Crippen molar-refractivity contribution in [1.82, 2.24) is 26.6 Å². The smallest absolute Gasteiger partial charge is 0.332 e. The number of carbonyl (C=O) groups is 9. The van der Waals surface area contributed by atoms with Gasteiger partial charge in [-0.15, -0.1) is 23.5 Å². The van der Waals surface area contributed by atoms with Crippen molar-refractivity contribution < 1.29 is 48.3 Å². The standard InChI is InChI=1S/C29H40N8O10S2/c1-14(32-27(47)35-24(44)17(9-20(30)41)33-15(2)38)4-5-16(39)8-22(43)36-29(6-7-29)19(40)10-21(42)31-11-23-34-18(12-48-23)25-37-28(3,13-49-25)26(45)46/h14,17-18H,4-13H2,1-3H3,(H2,30,41)(H,31,42)(H,33,38)(H,36,43)(H,45,46)(H2,32,35,44,47)/t14-,17+,18?,28?/m0/s1. The molecule has 0 aromatic rings. The van der Waals surface area contributed by atoms with Crippen LogP contribution in [0.3, 0.4) is 0 Å². The van der Waals surface area contributed by atoms with Gasteiger partial charge in [0, 0.05) is 30.9 Å².